The van der Waals surface area contributed by atoms with Crippen molar-refractivity contribution in [2.24, 2.45) is 0 Å². The van der Waals surface area contributed by atoms with Crippen molar-refractivity contribution < 1.29 is 4.74 Å². The first-order chi connectivity index (χ1) is 15.0. The summed E-state index contributed by atoms with van der Waals surface area (Å²) < 4.78 is 5.85. The Balaban J connectivity index is 1.57. The standard InChI is InChI=1S/C25H29N3O2S/c1-17-10-11-18(2)23-22(17)13-20(24(29)27-23)15-28(16-21-9-6-12-30-21)25(31)26-14-19-7-4-3-5-8-19/h3-5,7-8,10-11,13,21H,6,9,12,14-16H2,1-2H3,(H,26,31)(H,27,29). The highest BCUT2D eigenvalue weighted by molar-refractivity contribution is 7.80. The first-order valence-corrected chi connectivity index (χ1v) is 11.2. The normalized spacial score (nSPS) is 15.9. The molecular formula is C25H29N3O2S. The second-order valence-corrected chi connectivity index (χ2v) is 8.66. The summed E-state index contributed by atoms with van der Waals surface area (Å²) in [6.45, 7) is 6.64. The molecule has 0 radical (unpaired) electrons. The van der Waals surface area contributed by atoms with E-state index < -0.39 is 0 Å². The highest BCUT2D eigenvalue weighted by atomic mass is 32.1. The van der Waals surface area contributed by atoms with E-state index in [1.165, 1.54) is 0 Å². The lowest BCUT2D eigenvalue weighted by Gasteiger charge is -2.28. The summed E-state index contributed by atoms with van der Waals surface area (Å²) >= 11 is 5.74. The van der Waals surface area contributed by atoms with Crippen LogP contribution in [0.25, 0.3) is 10.9 Å². The maximum Gasteiger partial charge on any atom is 0.253 e. The molecule has 2 aromatic carbocycles. The molecule has 31 heavy (non-hydrogen) atoms. The number of pyridine rings is 1. The zero-order valence-electron chi connectivity index (χ0n) is 18.1. The highest BCUT2D eigenvalue weighted by Gasteiger charge is 2.22. The molecule has 3 aromatic rings. The SMILES string of the molecule is Cc1ccc(C)c2[nH]c(=O)c(CN(CC3CCCO3)C(=S)NCc3ccccc3)cc12. The summed E-state index contributed by atoms with van der Waals surface area (Å²) in [5.41, 5.74) is 4.93. The molecule has 0 spiro atoms. The van der Waals surface area contributed by atoms with E-state index in [4.69, 9.17) is 17.0 Å². The molecule has 1 unspecified atom stereocenters. The van der Waals surface area contributed by atoms with Crippen LogP contribution >= 0.6 is 12.2 Å². The van der Waals surface area contributed by atoms with Gasteiger partial charge in [0.2, 0.25) is 0 Å². The van der Waals surface area contributed by atoms with Crippen molar-refractivity contribution in [3.63, 3.8) is 0 Å². The van der Waals surface area contributed by atoms with E-state index in [0.29, 0.717) is 30.3 Å². The number of aryl methyl sites for hydroxylation is 2. The lowest BCUT2D eigenvalue weighted by molar-refractivity contribution is 0.0896. The summed E-state index contributed by atoms with van der Waals surface area (Å²) in [4.78, 5) is 18.0. The van der Waals surface area contributed by atoms with Crippen LogP contribution in [-0.4, -0.2) is 34.3 Å². The largest absolute Gasteiger partial charge is 0.376 e. The Kier molecular flexibility index (Phi) is 6.68. The predicted molar refractivity (Wildman–Crippen MR) is 129 cm³/mol. The molecule has 0 amide bonds. The van der Waals surface area contributed by atoms with Gasteiger partial charge in [0.05, 0.1) is 18.2 Å². The number of hydrogen-bond acceptors (Lipinski definition) is 3. The number of aromatic nitrogens is 1. The van der Waals surface area contributed by atoms with Crippen LogP contribution in [0.5, 0.6) is 0 Å². The number of nitrogens with zero attached hydrogens (tertiary/aromatic N) is 1. The fraction of sp³-hybridized carbons (Fsp3) is 0.360. The lowest BCUT2D eigenvalue weighted by Crippen LogP contribution is -2.43. The first kappa shape index (κ1) is 21.5. The van der Waals surface area contributed by atoms with Crippen molar-refractivity contribution in [1.82, 2.24) is 15.2 Å². The quantitative estimate of drug-likeness (QED) is 0.569. The Bertz CT molecular complexity index is 1120. The average molecular weight is 436 g/mol. The van der Waals surface area contributed by atoms with Gasteiger partial charge < -0.3 is 19.9 Å². The Hall–Kier alpha value is -2.70. The van der Waals surface area contributed by atoms with E-state index in [-0.39, 0.29) is 11.7 Å². The molecule has 162 valence electrons. The third-order valence-electron chi connectivity index (χ3n) is 5.90. The van der Waals surface area contributed by atoms with Crippen LogP contribution in [0, 0.1) is 13.8 Å². The van der Waals surface area contributed by atoms with Crippen molar-refractivity contribution in [3.8, 4) is 0 Å². The molecule has 1 saturated heterocycles. The minimum Gasteiger partial charge on any atom is -0.376 e. The first-order valence-electron chi connectivity index (χ1n) is 10.8. The molecule has 4 rings (SSSR count). The number of benzene rings is 2. The summed E-state index contributed by atoms with van der Waals surface area (Å²) in [7, 11) is 0. The second-order valence-electron chi connectivity index (χ2n) is 8.27. The third kappa shape index (κ3) is 5.14. The molecule has 1 aliphatic heterocycles. The minimum atomic E-state index is -0.0654. The maximum absolute atomic E-state index is 12.9. The third-order valence-corrected chi connectivity index (χ3v) is 6.31. The number of fused-ring (bicyclic) bond motifs is 1. The van der Waals surface area contributed by atoms with E-state index in [2.05, 4.69) is 40.3 Å². The van der Waals surface area contributed by atoms with Crippen molar-refractivity contribution in [1.29, 1.82) is 0 Å². The fourth-order valence-corrected chi connectivity index (χ4v) is 4.29. The van der Waals surface area contributed by atoms with Crippen molar-refractivity contribution in [2.75, 3.05) is 13.2 Å². The molecule has 0 saturated carbocycles. The van der Waals surface area contributed by atoms with Crippen molar-refractivity contribution >= 4 is 28.2 Å². The molecule has 0 aliphatic carbocycles. The molecular weight excluding hydrogens is 406 g/mol. The number of hydrogen-bond donors (Lipinski definition) is 2. The Morgan fingerprint density at radius 1 is 1.19 bits per heavy atom. The van der Waals surface area contributed by atoms with Crippen LogP contribution < -0.4 is 10.9 Å². The van der Waals surface area contributed by atoms with Gasteiger partial charge >= 0.3 is 0 Å². The Morgan fingerprint density at radius 2 is 1.97 bits per heavy atom. The van der Waals surface area contributed by atoms with E-state index in [1.54, 1.807) is 0 Å². The molecule has 1 aliphatic rings. The van der Waals surface area contributed by atoms with Gasteiger partial charge in [0, 0.05) is 30.6 Å². The van der Waals surface area contributed by atoms with Gasteiger partial charge in [-0.05, 0) is 61.7 Å². The van der Waals surface area contributed by atoms with Crippen LogP contribution in [0.1, 0.15) is 35.1 Å². The van der Waals surface area contributed by atoms with E-state index in [1.807, 2.05) is 37.3 Å². The zero-order chi connectivity index (χ0) is 21.8. The molecule has 6 heteroatoms. The predicted octanol–water partition coefficient (Wildman–Crippen LogP) is 4.20. The zero-order valence-corrected chi connectivity index (χ0v) is 18.9. The molecule has 1 atom stereocenters. The van der Waals surface area contributed by atoms with Crippen molar-refractivity contribution in [3.05, 3.63) is 81.1 Å². The van der Waals surface area contributed by atoms with Gasteiger partial charge in [0.15, 0.2) is 5.11 Å². The number of thiocarbonyl (C=S) groups is 1. The lowest BCUT2D eigenvalue weighted by atomic mass is 10.0. The van der Waals surface area contributed by atoms with Crippen LogP contribution in [0.3, 0.4) is 0 Å². The van der Waals surface area contributed by atoms with Crippen LogP contribution in [0.15, 0.2) is 53.3 Å². The average Bonchev–Trinajstić information content (AvgIpc) is 3.29. The minimum absolute atomic E-state index is 0.0654. The number of rotatable bonds is 6. The van der Waals surface area contributed by atoms with Gasteiger partial charge in [-0.2, -0.15) is 0 Å². The highest BCUT2D eigenvalue weighted by Crippen LogP contribution is 2.21. The van der Waals surface area contributed by atoms with E-state index >= 15 is 0 Å². The number of H-pyrrole nitrogens is 1. The number of ether oxygens (including phenoxy) is 1. The van der Waals surface area contributed by atoms with Crippen molar-refractivity contribution in [2.45, 2.75) is 45.9 Å². The topological polar surface area (TPSA) is 57.4 Å². The molecule has 2 heterocycles. The molecule has 2 N–H and O–H groups in total. The van der Waals surface area contributed by atoms with Crippen LogP contribution in [0.4, 0.5) is 0 Å². The maximum atomic E-state index is 12.9. The summed E-state index contributed by atoms with van der Waals surface area (Å²) in [6, 6.07) is 16.3. The smallest absolute Gasteiger partial charge is 0.253 e. The van der Waals surface area contributed by atoms with Crippen LogP contribution in [-0.2, 0) is 17.8 Å². The number of aromatic amines is 1. The van der Waals surface area contributed by atoms with E-state index in [0.717, 1.165) is 47.0 Å². The van der Waals surface area contributed by atoms with Gasteiger partial charge in [-0.1, -0.05) is 42.5 Å². The molecule has 1 aromatic heterocycles. The summed E-state index contributed by atoms with van der Waals surface area (Å²) in [6.07, 6.45) is 2.22. The number of nitrogens with one attached hydrogen (secondary N) is 2. The molecule has 0 bridgehead atoms. The summed E-state index contributed by atoms with van der Waals surface area (Å²) in [5.74, 6) is 0. The Morgan fingerprint density at radius 3 is 2.71 bits per heavy atom. The molecule has 5 nitrogen and oxygen atoms in total. The summed E-state index contributed by atoms with van der Waals surface area (Å²) in [5, 5.41) is 5.08. The van der Waals surface area contributed by atoms with Gasteiger partial charge in [-0.25, -0.2) is 0 Å². The van der Waals surface area contributed by atoms with E-state index in [9.17, 15) is 4.79 Å². The second kappa shape index (κ2) is 9.62. The Labute approximate surface area is 188 Å². The monoisotopic (exact) mass is 435 g/mol. The van der Waals surface area contributed by atoms with Gasteiger partial charge in [-0.3, -0.25) is 4.79 Å². The van der Waals surface area contributed by atoms with Gasteiger partial charge in [0.1, 0.15) is 0 Å². The van der Waals surface area contributed by atoms with Gasteiger partial charge in [0.25, 0.3) is 5.56 Å². The fourth-order valence-electron chi connectivity index (χ4n) is 4.08. The van der Waals surface area contributed by atoms with Gasteiger partial charge in [-0.15, -0.1) is 0 Å². The van der Waals surface area contributed by atoms with Crippen LogP contribution in [0.2, 0.25) is 0 Å². The molecule has 1 fully saturated rings.